The van der Waals surface area contributed by atoms with Crippen molar-refractivity contribution in [2.75, 3.05) is 13.2 Å². The van der Waals surface area contributed by atoms with Crippen LogP contribution in [0, 0.1) is 0 Å². The molecule has 86 valence electrons. The molecule has 1 heterocycles. The van der Waals surface area contributed by atoms with Crippen LogP contribution in [0.5, 0.6) is 0 Å². The third kappa shape index (κ3) is 2.61. The largest absolute Gasteiger partial charge is 0.463 e. The Labute approximate surface area is 96.0 Å². The Hall–Kier alpha value is -1.35. The molecule has 1 aliphatic heterocycles. The van der Waals surface area contributed by atoms with Gasteiger partial charge in [0.2, 0.25) is 0 Å². The van der Waals surface area contributed by atoms with Crippen LogP contribution in [-0.2, 0) is 16.1 Å². The fraction of sp³-hybridized carbons (Fsp3) is 0.462. The maximum Gasteiger partial charge on any atom is 0.320 e. The van der Waals surface area contributed by atoms with Crippen molar-refractivity contribution in [1.29, 1.82) is 0 Å². The summed E-state index contributed by atoms with van der Waals surface area (Å²) < 4.78 is 5.07. The number of carbonyl (C=O) groups excluding carboxylic acids is 1. The van der Waals surface area contributed by atoms with E-state index in [2.05, 4.69) is 24.0 Å². The van der Waals surface area contributed by atoms with Crippen LogP contribution in [0.25, 0.3) is 0 Å². The number of nitrogens with zero attached hydrogens (tertiary/aromatic N) is 1. The van der Waals surface area contributed by atoms with Gasteiger partial charge in [0.05, 0.1) is 6.54 Å². The van der Waals surface area contributed by atoms with Gasteiger partial charge in [0, 0.05) is 12.6 Å². The Morgan fingerprint density at radius 2 is 2.12 bits per heavy atom. The van der Waals surface area contributed by atoms with Crippen LogP contribution in [0.3, 0.4) is 0 Å². The number of rotatable bonds is 3. The van der Waals surface area contributed by atoms with Gasteiger partial charge in [0.25, 0.3) is 0 Å². The maximum atomic E-state index is 11.3. The van der Waals surface area contributed by atoms with Gasteiger partial charge in [-0.3, -0.25) is 9.69 Å². The van der Waals surface area contributed by atoms with E-state index < -0.39 is 0 Å². The van der Waals surface area contributed by atoms with E-state index in [0.717, 1.165) is 13.0 Å². The van der Waals surface area contributed by atoms with Crippen molar-refractivity contribution < 1.29 is 9.53 Å². The lowest BCUT2D eigenvalue weighted by Crippen LogP contribution is -2.46. The number of ether oxygens (including phenoxy) is 1. The molecule has 0 N–H and O–H groups in total. The van der Waals surface area contributed by atoms with E-state index in [1.807, 2.05) is 18.2 Å². The lowest BCUT2D eigenvalue weighted by molar-refractivity contribution is -0.155. The van der Waals surface area contributed by atoms with Crippen LogP contribution in [0.1, 0.15) is 18.9 Å². The van der Waals surface area contributed by atoms with E-state index in [-0.39, 0.29) is 5.97 Å². The molecule has 2 rings (SSSR count). The molecular weight excluding hydrogens is 202 g/mol. The zero-order valence-corrected chi connectivity index (χ0v) is 9.56. The topological polar surface area (TPSA) is 29.5 Å². The molecule has 0 amide bonds. The molecule has 3 nitrogen and oxygen atoms in total. The molecule has 1 aromatic carbocycles. The fourth-order valence-corrected chi connectivity index (χ4v) is 2.01. The molecule has 0 aromatic heterocycles. The Bertz CT molecular complexity index is 350. The predicted octanol–water partition coefficient (Wildman–Crippen LogP) is 1.82. The molecule has 1 aliphatic rings. The standard InChI is InChI=1S/C13H17NO2/c1-2-12-10-16-13(15)9-14(12)8-11-6-4-3-5-7-11/h3-7,12H,2,8-10H2,1H3/t12-/m0/s1. The zero-order valence-electron chi connectivity index (χ0n) is 9.56. The summed E-state index contributed by atoms with van der Waals surface area (Å²) in [5, 5.41) is 0. The van der Waals surface area contributed by atoms with Crippen LogP contribution >= 0.6 is 0 Å². The minimum Gasteiger partial charge on any atom is -0.463 e. The number of morpholine rings is 1. The van der Waals surface area contributed by atoms with Gasteiger partial charge < -0.3 is 4.74 Å². The first kappa shape index (κ1) is 11.1. The number of hydrogen-bond acceptors (Lipinski definition) is 3. The van der Waals surface area contributed by atoms with Gasteiger partial charge in [0.15, 0.2) is 0 Å². The second kappa shape index (κ2) is 5.12. The van der Waals surface area contributed by atoms with E-state index in [1.165, 1.54) is 5.56 Å². The highest BCUT2D eigenvalue weighted by Crippen LogP contribution is 2.14. The normalized spacial score (nSPS) is 21.8. The second-order valence-corrected chi connectivity index (χ2v) is 4.14. The van der Waals surface area contributed by atoms with Crippen LogP contribution in [0.15, 0.2) is 30.3 Å². The van der Waals surface area contributed by atoms with Crippen LogP contribution in [0.2, 0.25) is 0 Å². The van der Waals surface area contributed by atoms with E-state index in [9.17, 15) is 4.79 Å². The molecule has 3 heteroatoms. The molecule has 1 saturated heterocycles. The first-order valence-electron chi connectivity index (χ1n) is 5.73. The van der Waals surface area contributed by atoms with E-state index in [4.69, 9.17) is 4.74 Å². The maximum absolute atomic E-state index is 11.3. The number of esters is 1. The molecule has 0 saturated carbocycles. The Balaban J connectivity index is 2.03. The molecule has 0 spiro atoms. The Morgan fingerprint density at radius 1 is 1.38 bits per heavy atom. The summed E-state index contributed by atoms with van der Waals surface area (Å²) >= 11 is 0. The summed E-state index contributed by atoms with van der Waals surface area (Å²) in [7, 11) is 0. The summed E-state index contributed by atoms with van der Waals surface area (Å²) in [5.41, 5.74) is 1.25. The quantitative estimate of drug-likeness (QED) is 0.726. The SMILES string of the molecule is CC[C@H]1COC(=O)CN1Cc1ccccc1. The van der Waals surface area contributed by atoms with Crippen molar-refractivity contribution in [2.45, 2.75) is 25.9 Å². The minimum absolute atomic E-state index is 0.111. The molecular formula is C13H17NO2. The highest BCUT2D eigenvalue weighted by molar-refractivity contribution is 5.72. The summed E-state index contributed by atoms with van der Waals surface area (Å²) in [6.07, 6.45) is 1.01. The molecule has 1 aromatic rings. The van der Waals surface area contributed by atoms with Crippen molar-refractivity contribution in [3.8, 4) is 0 Å². The van der Waals surface area contributed by atoms with Gasteiger partial charge in [-0.15, -0.1) is 0 Å². The highest BCUT2D eigenvalue weighted by Gasteiger charge is 2.26. The first-order valence-corrected chi connectivity index (χ1v) is 5.73. The average Bonchev–Trinajstić information content (AvgIpc) is 2.31. The summed E-state index contributed by atoms with van der Waals surface area (Å²) in [4.78, 5) is 13.5. The fourth-order valence-electron chi connectivity index (χ4n) is 2.01. The third-order valence-electron chi connectivity index (χ3n) is 2.99. The van der Waals surface area contributed by atoms with E-state index in [0.29, 0.717) is 19.2 Å². The van der Waals surface area contributed by atoms with Crippen molar-refractivity contribution in [1.82, 2.24) is 4.90 Å². The second-order valence-electron chi connectivity index (χ2n) is 4.14. The number of cyclic esters (lactones) is 1. The Morgan fingerprint density at radius 3 is 2.81 bits per heavy atom. The van der Waals surface area contributed by atoms with Crippen LogP contribution in [0.4, 0.5) is 0 Å². The highest BCUT2D eigenvalue weighted by atomic mass is 16.5. The molecule has 0 bridgehead atoms. The number of hydrogen-bond donors (Lipinski definition) is 0. The van der Waals surface area contributed by atoms with Gasteiger partial charge in [-0.1, -0.05) is 37.3 Å². The van der Waals surface area contributed by atoms with Gasteiger partial charge >= 0.3 is 5.97 Å². The van der Waals surface area contributed by atoms with Crippen molar-refractivity contribution >= 4 is 5.97 Å². The molecule has 0 unspecified atom stereocenters. The van der Waals surface area contributed by atoms with Crippen molar-refractivity contribution in [3.63, 3.8) is 0 Å². The lowest BCUT2D eigenvalue weighted by atomic mass is 10.1. The van der Waals surface area contributed by atoms with Gasteiger partial charge in [-0.25, -0.2) is 0 Å². The molecule has 1 atom stereocenters. The lowest BCUT2D eigenvalue weighted by Gasteiger charge is -2.33. The van der Waals surface area contributed by atoms with Crippen LogP contribution < -0.4 is 0 Å². The first-order chi connectivity index (χ1) is 7.79. The monoisotopic (exact) mass is 219 g/mol. The summed E-state index contributed by atoms with van der Waals surface area (Å²) in [6.45, 7) is 3.89. The molecule has 16 heavy (non-hydrogen) atoms. The number of benzene rings is 1. The van der Waals surface area contributed by atoms with Crippen molar-refractivity contribution in [3.05, 3.63) is 35.9 Å². The summed E-state index contributed by atoms with van der Waals surface area (Å²) in [5.74, 6) is -0.111. The number of carbonyl (C=O) groups is 1. The summed E-state index contributed by atoms with van der Waals surface area (Å²) in [6, 6.07) is 10.6. The smallest absolute Gasteiger partial charge is 0.320 e. The third-order valence-corrected chi connectivity index (χ3v) is 2.99. The predicted molar refractivity (Wildman–Crippen MR) is 61.9 cm³/mol. The van der Waals surface area contributed by atoms with Crippen LogP contribution in [-0.4, -0.2) is 30.1 Å². The molecule has 1 fully saturated rings. The van der Waals surface area contributed by atoms with Gasteiger partial charge in [-0.2, -0.15) is 0 Å². The molecule has 0 radical (unpaired) electrons. The van der Waals surface area contributed by atoms with E-state index in [1.54, 1.807) is 0 Å². The zero-order chi connectivity index (χ0) is 11.4. The van der Waals surface area contributed by atoms with E-state index >= 15 is 0 Å². The van der Waals surface area contributed by atoms with Gasteiger partial charge in [-0.05, 0) is 12.0 Å². The average molecular weight is 219 g/mol. The van der Waals surface area contributed by atoms with Crippen molar-refractivity contribution in [2.24, 2.45) is 0 Å². The minimum atomic E-state index is -0.111. The van der Waals surface area contributed by atoms with Gasteiger partial charge in [0.1, 0.15) is 6.61 Å². The Kier molecular flexibility index (Phi) is 3.57. The molecule has 0 aliphatic carbocycles.